The fourth-order valence-electron chi connectivity index (χ4n) is 3.26. The quantitative estimate of drug-likeness (QED) is 0.927. The van der Waals surface area contributed by atoms with Crippen LogP contribution < -0.4 is 4.74 Å². The molecule has 1 saturated carbocycles. The largest absolute Gasteiger partial charge is 0.482 e. The van der Waals surface area contributed by atoms with Crippen LogP contribution >= 0.6 is 23.2 Å². The van der Waals surface area contributed by atoms with Crippen molar-refractivity contribution in [3.63, 3.8) is 0 Å². The van der Waals surface area contributed by atoms with Crippen molar-refractivity contribution >= 4 is 29.1 Å². The van der Waals surface area contributed by atoms with Gasteiger partial charge in [-0.25, -0.2) is 0 Å². The van der Waals surface area contributed by atoms with Gasteiger partial charge in [0, 0.05) is 24.0 Å². The molecule has 1 N–H and O–H groups in total. The smallest absolute Gasteiger partial charge is 0.260 e. The van der Waals surface area contributed by atoms with Gasteiger partial charge in [-0.05, 0) is 37.0 Å². The van der Waals surface area contributed by atoms with Crippen molar-refractivity contribution < 1.29 is 14.6 Å². The van der Waals surface area contributed by atoms with Crippen molar-refractivity contribution in [3.05, 3.63) is 28.2 Å². The Labute approximate surface area is 133 Å². The minimum absolute atomic E-state index is 0.0448. The molecule has 1 aliphatic carbocycles. The first kappa shape index (κ1) is 14.9. The topological polar surface area (TPSA) is 49.8 Å². The Hall–Kier alpha value is -0.970. The number of amides is 1. The van der Waals surface area contributed by atoms with E-state index in [2.05, 4.69) is 0 Å². The van der Waals surface area contributed by atoms with Gasteiger partial charge in [0.2, 0.25) is 0 Å². The van der Waals surface area contributed by atoms with Crippen LogP contribution in [-0.4, -0.2) is 41.7 Å². The summed E-state index contributed by atoms with van der Waals surface area (Å²) in [7, 11) is 0. The highest BCUT2D eigenvalue weighted by atomic mass is 35.5. The van der Waals surface area contributed by atoms with Gasteiger partial charge in [0.05, 0.1) is 11.1 Å². The first-order chi connectivity index (χ1) is 10.0. The number of fused-ring (bicyclic) bond motifs is 1. The summed E-state index contributed by atoms with van der Waals surface area (Å²) in [6, 6.07) is 4.91. The van der Waals surface area contributed by atoms with Crippen LogP contribution in [0.4, 0.5) is 0 Å². The lowest BCUT2D eigenvalue weighted by Crippen LogP contribution is -2.34. The lowest BCUT2D eigenvalue weighted by atomic mass is 10.00. The number of aliphatic hydroxyl groups excluding tert-OH is 1. The van der Waals surface area contributed by atoms with Crippen LogP contribution in [0.5, 0.6) is 5.75 Å². The number of aliphatic hydroxyl groups is 1. The molecule has 1 heterocycles. The molecule has 0 spiro atoms. The molecule has 1 aliphatic heterocycles. The Morgan fingerprint density at radius 2 is 2.14 bits per heavy atom. The van der Waals surface area contributed by atoms with Gasteiger partial charge in [0.1, 0.15) is 5.75 Å². The first-order valence-corrected chi connectivity index (χ1v) is 7.84. The third-order valence-electron chi connectivity index (χ3n) is 4.42. The number of nitrogens with zero attached hydrogens (tertiary/aromatic N) is 1. The van der Waals surface area contributed by atoms with E-state index in [1.807, 2.05) is 0 Å². The number of carbonyl (C=O) groups is 1. The standard InChI is InChI=1S/C15H17Cl2NO3/c16-10-2-4-14(12(17)5-10)21-8-15(20)18-6-9-1-3-13(19)11(9)7-18/h2,4-5,9,11,13,19H,1,3,6-8H2. The molecule has 114 valence electrons. The number of hydrogen-bond donors (Lipinski definition) is 1. The number of likely N-dealkylation sites (tertiary alicyclic amines) is 1. The lowest BCUT2D eigenvalue weighted by Gasteiger charge is -2.18. The summed E-state index contributed by atoms with van der Waals surface area (Å²) in [6.45, 7) is 1.30. The zero-order valence-corrected chi connectivity index (χ0v) is 13.0. The number of carbonyl (C=O) groups excluding carboxylic acids is 1. The van der Waals surface area contributed by atoms with Crippen molar-refractivity contribution in [2.24, 2.45) is 11.8 Å². The maximum Gasteiger partial charge on any atom is 0.260 e. The van der Waals surface area contributed by atoms with E-state index in [9.17, 15) is 9.90 Å². The van der Waals surface area contributed by atoms with Gasteiger partial charge in [-0.2, -0.15) is 0 Å². The molecule has 1 saturated heterocycles. The van der Waals surface area contributed by atoms with E-state index in [1.165, 1.54) is 0 Å². The summed E-state index contributed by atoms with van der Waals surface area (Å²) in [5.74, 6) is 1.05. The van der Waals surface area contributed by atoms with Crippen LogP contribution in [-0.2, 0) is 4.79 Å². The molecule has 0 bridgehead atoms. The van der Waals surface area contributed by atoms with Gasteiger partial charge in [-0.3, -0.25) is 4.79 Å². The highest BCUT2D eigenvalue weighted by Gasteiger charge is 2.43. The lowest BCUT2D eigenvalue weighted by molar-refractivity contribution is -0.132. The van der Waals surface area contributed by atoms with E-state index in [0.717, 1.165) is 19.4 Å². The van der Waals surface area contributed by atoms with Gasteiger partial charge in [-0.15, -0.1) is 0 Å². The number of ether oxygens (including phenoxy) is 1. The zero-order valence-electron chi connectivity index (χ0n) is 11.5. The van der Waals surface area contributed by atoms with E-state index in [-0.39, 0.29) is 24.5 Å². The molecule has 1 amide bonds. The van der Waals surface area contributed by atoms with Gasteiger partial charge >= 0.3 is 0 Å². The van der Waals surface area contributed by atoms with Gasteiger partial charge < -0.3 is 14.7 Å². The summed E-state index contributed by atoms with van der Waals surface area (Å²) in [5.41, 5.74) is 0. The second kappa shape index (κ2) is 6.03. The Bertz CT molecular complexity index is 552. The molecule has 2 aliphatic rings. The normalized spacial score (nSPS) is 27.8. The molecule has 0 radical (unpaired) electrons. The predicted octanol–water partition coefficient (Wildman–Crippen LogP) is 2.60. The Morgan fingerprint density at radius 1 is 1.33 bits per heavy atom. The van der Waals surface area contributed by atoms with E-state index in [4.69, 9.17) is 27.9 Å². The second-order valence-corrected chi connectivity index (χ2v) is 6.57. The van der Waals surface area contributed by atoms with Crippen molar-refractivity contribution in [2.45, 2.75) is 18.9 Å². The molecular formula is C15H17Cl2NO3. The first-order valence-electron chi connectivity index (χ1n) is 7.08. The van der Waals surface area contributed by atoms with E-state index in [0.29, 0.717) is 28.3 Å². The predicted molar refractivity (Wildman–Crippen MR) is 80.8 cm³/mol. The molecule has 21 heavy (non-hydrogen) atoms. The summed E-state index contributed by atoms with van der Waals surface area (Å²) in [5, 5.41) is 10.8. The van der Waals surface area contributed by atoms with E-state index >= 15 is 0 Å². The van der Waals surface area contributed by atoms with Gasteiger partial charge in [0.15, 0.2) is 6.61 Å². The number of rotatable bonds is 3. The molecule has 1 aromatic rings. The van der Waals surface area contributed by atoms with Crippen LogP contribution in [0.25, 0.3) is 0 Å². The zero-order chi connectivity index (χ0) is 15.0. The van der Waals surface area contributed by atoms with Crippen LogP contribution in [0.3, 0.4) is 0 Å². The van der Waals surface area contributed by atoms with Crippen LogP contribution in [0.15, 0.2) is 18.2 Å². The van der Waals surface area contributed by atoms with Crippen molar-refractivity contribution in [3.8, 4) is 5.75 Å². The van der Waals surface area contributed by atoms with Crippen LogP contribution in [0.2, 0.25) is 10.0 Å². The molecule has 0 aromatic heterocycles. The van der Waals surface area contributed by atoms with Crippen molar-refractivity contribution in [2.75, 3.05) is 19.7 Å². The van der Waals surface area contributed by atoms with Crippen molar-refractivity contribution in [1.82, 2.24) is 4.90 Å². The summed E-state index contributed by atoms with van der Waals surface area (Å²) in [6.07, 6.45) is 1.59. The van der Waals surface area contributed by atoms with Crippen molar-refractivity contribution in [1.29, 1.82) is 0 Å². The fourth-order valence-corrected chi connectivity index (χ4v) is 3.73. The average Bonchev–Trinajstić information content (AvgIpc) is 3.00. The van der Waals surface area contributed by atoms with Crippen LogP contribution in [0.1, 0.15) is 12.8 Å². The summed E-state index contributed by atoms with van der Waals surface area (Å²) < 4.78 is 5.47. The Kier molecular flexibility index (Phi) is 4.29. The Morgan fingerprint density at radius 3 is 2.86 bits per heavy atom. The molecule has 3 rings (SSSR count). The monoisotopic (exact) mass is 329 g/mol. The average molecular weight is 330 g/mol. The molecule has 3 unspecified atom stereocenters. The fraction of sp³-hybridized carbons (Fsp3) is 0.533. The van der Waals surface area contributed by atoms with Crippen LogP contribution in [0, 0.1) is 11.8 Å². The highest BCUT2D eigenvalue weighted by molar-refractivity contribution is 6.35. The number of benzene rings is 1. The minimum atomic E-state index is -0.264. The SMILES string of the molecule is O=C(COc1ccc(Cl)cc1Cl)N1CC2CCC(O)C2C1. The highest BCUT2D eigenvalue weighted by Crippen LogP contribution is 2.38. The molecule has 1 aromatic carbocycles. The molecule has 6 heteroatoms. The van der Waals surface area contributed by atoms with E-state index < -0.39 is 0 Å². The molecule has 4 nitrogen and oxygen atoms in total. The van der Waals surface area contributed by atoms with Gasteiger partial charge in [-0.1, -0.05) is 23.2 Å². The number of hydrogen-bond acceptors (Lipinski definition) is 3. The molecular weight excluding hydrogens is 313 g/mol. The molecule has 3 atom stereocenters. The summed E-state index contributed by atoms with van der Waals surface area (Å²) in [4.78, 5) is 14.0. The van der Waals surface area contributed by atoms with E-state index in [1.54, 1.807) is 23.1 Å². The molecule has 2 fully saturated rings. The number of halogens is 2. The third kappa shape index (κ3) is 3.12. The Balaban J connectivity index is 1.55. The second-order valence-electron chi connectivity index (χ2n) is 5.73. The maximum atomic E-state index is 12.2. The maximum absolute atomic E-state index is 12.2. The van der Waals surface area contributed by atoms with Gasteiger partial charge in [0.25, 0.3) is 5.91 Å². The third-order valence-corrected chi connectivity index (χ3v) is 4.95. The summed E-state index contributed by atoms with van der Waals surface area (Å²) >= 11 is 11.8. The minimum Gasteiger partial charge on any atom is -0.482 e.